The van der Waals surface area contributed by atoms with Crippen LogP contribution in [0.3, 0.4) is 0 Å². The van der Waals surface area contributed by atoms with Gasteiger partial charge in [-0.25, -0.2) is 4.79 Å². The normalized spacial score (nSPS) is 16.6. The Hall–Kier alpha value is -1.82. The molecule has 1 aliphatic carbocycles. The van der Waals surface area contributed by atoms with Crippen LogP contribution in [0, 0.1) is 3.57 Å². The summed E-state index contributed by atoms with van der Waals surface area (Å²) in [4.78, 5) is 11.8. The topological polar surface area (TPSA) is 35.5 Å². The van der Waals surface area contributed by atoms with Crippen LogP contribution in [0.4, 0.5) is 0 Å². The van der Waals surface area contributed by atoms with Crippen LogP contribution in [-0.2, 0) is 22.0 Å². The number of benzene rings is 2. The predicted octanol–water partition coefficient (Wildman–Crippen LogP) is 6.56. The number of carbonyl (C=O) groups excluding carboxylic acids is 1. The van der Waals surface area contributed by atoms with E-state index in [0.29, 0.717) is 23.5 Å². The summed E-state index contributed by atoms with van der Waals surface area (Å²) in [5.74, 6) is 0.895. The third-order valence-electron chi connectivity index (χ3n) is 5.93. The molecule has 0 bridgehead atoms. The van der Waals surface area contributed by atoms with Crippen LogP contribution in [-0.4, -0.2) is 13.1 Å². The molecule has 0 fully saturated rings. The van der Waals surface area contributed by atoms with Crippen LogP contribution in [0.1, 0.15) is 67.6 Å². The minimum Gasteiger partial charge on any atom is -0.465 e. The molecule has 0 amide bonds. The number of halogens is 1. The Morgan fingerprint density at radius 1 is 1.03 bits per heavy atom. The van der Waals surface area contributed by atoms with Crippen molar-refractivity contribution >= 4 is 28.6 Å². The van der Waals surface area contributed by atoms with E-state index < -0.39 is 0 Å². The molecule has 4 heteroatoms. The van der Waals surface area contributed by atoms with E-state index in [4.69, 9.17) is 9.47 Å². The maximum absolute atomic E-state index is 11.8. The lowest BCUT2D eigenvalue weighted by atomic mass is 9.63. The third-order valence-corrected chi connectivity index (χ3v) is 6.82. The molecule has 0 saturated heterocycles. The molecule has 0 aliphatic heterocycles. The fourth-order valence-electron chi connectivity index (χ4n) is 3.99. The Balaban J connectivity index is 1.81. The van der Waals surface area contributed by atoms with Crippen LogP contribution in [0.15, 0.2) is 48.7 Å². The monoisotopic (exact) mass is 504 g/mol. The predicted molar refractivity (Wildman–Crippen MR) is 126 cm³/mol. The number of hydrogen-bond donors (Lipinski definition) is 0. The number of carbonyl (C=O) groups is 1. The smallest absolute Gasteiger partial charge is 0.337 e. The molecular formula is C25H29IO3. The Labute approximate surface area is 187 Å². The van der Waals surface area contributed by atoms with Gasteiger partial charge in [-0.1, -0.05) is 52.5 Å². The largest absolute Gasteiger partial charge is 0.465 e. The summed E-state index contributed by atoms with van der Waals surface area (Å²) in [6, 6.07) is 12.1. The van der Waals surface area contributed by atoms with Crippen LogP contribution in [0.25, 0.3) is 0 Å². The first-order valence-corrected chi connectivity index (χ1v) is 11.0. The first-order chi connectivity index (χ1) is 13.5. The molecule has 0 heterocycles. The van der Waals surface area contributed by atoms with E-state index >= 15 is 0 Å². The maximum Gasteiger partial charge on any atom is 0.337 e. The van der Waals surface area contributed by atoms with Crippen molar-refractivity contribution in [1.29, 1.82) is 0 Å². The number of allylic oxidation sites excluding steroid dienone is 1. The standard InChI is InChI=1S/C25H29IO3/c1-16(29-22-15-18(23(27)28-6)8-10-21(22)26)13-17-7-9-19-20(14-17)25(4,5)12-11-24(19,2)3/h7-10,14-15H,1,11-13H2,2-6H3. The molecule has 0 N–H and O–H groups in total. The lowest BCUT2D eigenvalue weighted by Crippen LogP contribution is -2.33. The number of ether oxygens (including phenoxy) is 2. The van der Waals surface area contributed by atoms with E-state index in [1.807, 2.05) is 6.07 Å². The van der Waals surface area contributed by atoms with Gasteiger partial charge in [0.15, 0.2) is 0 Å². The van der Waals surface area contributed by atoms with Gasteiger partial charge in [-0.3, -0.25) is 0 Å². The van der Waals surface area contributed by atoms with Gasteiger partial charge in [0.05, 0.1) is 16.2 Å². The fraction of sp³-hybridized carbons (Fsp3) is 0.400. The quantitative estimate of drug-likeness (QED) is 0.263. The van der Waals surface area contributed by atoms with E-state index in [9.17, 15) is 4.79 Å². The van der Waals surface area contributed by atoms with Gasteiger partial charge >= 0.3 is 5.97 Å². The van der Waals surface area contributed by atoms with Gasteiger partial charge in [-0.05, 0) is 81.2 Å². The van der Waals surface area contributed by atoms with Crippen LogP contribution < -0.4 is 4.74 Å². The lowest BCUT2D eigenvalue weighted by molar-refractivity contribution is 0.0600. The first kappa shape index (κ1) is 21.9. The summed E-state index contributed by atoms with van der Waals surface area (Å²) in [6.07, 6.45) is 3.02. The Morgan fingerprint density at radius 2 is 1.69 bits per heavy atom. The first-order valence-electron chi connectivity index (χ1n) is 9.91. The number of fused-ring (bicyclic) bond motifs is 1. The van der Waals surface area contributed by atoms with Gasteiger partial charge in [0, 0.05) is 6.42 Å². The highest BCUT2D eigenvalue weighted by molar-refractivity contribution is 14.1. The van der Waals surface area contributed by atoms with Gasteiger partial charge in [0.25, 0.3) is 0 Å². The Morgan fingerprint density at radius 3 is 2.34 bits per heavy atom. The molecule has 2 aromatic rings. The molecular weight excluding hydrogens is 475 g/mol. The zero-order valence-corrected chi connectivity index (χ0v) is 20.1. The molecule has 154 valence electrons. The molecule has 0 aromatic heterocycles. The van der Waals surface area contributed by atoms with Crippen molar-refractivity contribution in [2.24, 2.45) is 0 Å². The van der Waals surface area contributed by atoms with Crippen LogP contribution in [0.2, 0.25) is 0 Å². The summed E-state index contributed by atoms with van der Waals surface area (Å²) in [7, 11) is 1.37. The second-order valence-corrected chi connectivity index (χ2v) is 10.3. The molecule has 29 heavy (non-hydrogen) atoms. The molecule has 0 atom stereocenters. The Kier molecular flexibility index (Phi) is 6.13. The zero-order valence-electron chi connectivity index (χ0n) is 17.9. The molecule has 0 radical (unpaired) electrons. The van der Waals surface area contributed by atoms with Crippen molar-refractivity contribution in [1.82, 2.24) is 0 Å². The Bertz CT molecular complexity index is 957. The van der Waals surface area contributed by atoms with Gasteiger partial charge < -0.3 is 9.47 Å². The van der Waals surface area contributed by atoms with Gasteiger partial charge in [0.2, 0.25) is 0 Å². The van der Waals surface area contributed by atoms with Crippen LogP contribution in [0.5, 0.6) is 5.75 Å². The summed E-state index contributed by atoms with van der Waals surface area (Å²) in [5, 5.41) is 0. The van der Waals surface area contributed by atoms with Crippen molar-refractivity contribution in [3.05, 3.63) is 74.6 Å². The lowest BCUT2D eigenvalue weighted by Gasteiger charge is -2.42. The van der Waals surface area contributed by atoms with Crippen molar-refractivity contribution in [2.75, 3.05) is 7.11 Å². The minimum absolute atomic E-state index is 0.174. The van der Waals surface area contributed by atoms with E-state index in [1.165, 1.54) is 36.6 Å². The second kappa shape index (κ2) is 8.13. The van der Waals surface area contributed by atoms with E-state index in [0.717, 1.165) is 3.57 Å². The van der Waals surface area contributed by atoms with Gasteiger partial charge in [0.1, 0.15) is 11.5 Å². The summed E-state index contributed by atoms with van der Waals surface area (Å²) < 4.78 is 11.7. The molecule has 0 unspecified atom stereocenters. The highest BCUT2D eigenvalue weighted by atomic mass is 127. The van der Waals surface area contributed by atoms with E-state index in [2.05, 4.69) is 75.1 Å². The molecule has 1 aliphatic rings. The molecule has 0 spiro atoms. The average Bonchev–Trinajstić information content (AvgIpc) is 2.66. The minimum atomic E-state index is -0.378. The van der Waals surface area contributed by atoms with Crippen LogP contribution >= 0.6 is 22.6 Å². The molecule has 3 rings (SSSR count). The van der Waals surface area contributed by atoms with Crippen molar-refractivity contribution < 1.29 is 14.3 Å². The molecule has 0 saturated carbocycles. The highest BCUT2D eigenvalue weighted by Gasteiger charge is 2.36. The fourth-order valence-corrected chi connectivity index (χ4v) is 4.44. The second-order valence-electron chi connectivity index (χ2n) is 9.10. The van der Waals surface area contributed by atoms with Crippen molar-refractivity contribution in [3.8, 4) is 5.75 Å². The summed E-state index contributed by atoms with van der Waals surface area (Å²) in [6.45, 7) is 13.4. The molecule has 2 aromatic carbocycles. The zero-order chi connectivity index (χ0) is 21.4. The number of esters is 1. The SMILES string of the molecule is C=C(Cc1ccc2c(c1)C(C)(C)CCC2(C)C)Oc1cc(C(=O)OC)ccc1I. The number of methoxy groups -OCH3 is 1. The number of hydrogen-bond acceptors (Lipinski definition) is 3. The van der Waals surface area contributed by atoms with E-state index in [1.54, 1.807) is 12.1 Å². The molecule has 3 nitrogen and oxygen atoms in total. The maximum atomic E-state index is 11.8. The number of rotatable bonds is 5. The highest BCUT2D eigenvalue weighted by Crippen LogP contribution is 2.46. The summed E-state index contributed by atoms with van der Waals surface area (Å²) >= 11 is 2.20. The summed E-state index contributed by atoms with van der Waals surface area (Å²) in [5.41, 5.74) is 4.92. The third kappa shape index (κ3) is 4.68. The van der Waals surface area contributed by atoms with Crippen molar-refractivity contribution in [2.45, 2.75) is 57.8 Å². The average molecular weight is 504 g/mol. The van der Waals surface area contributed by atoms with Gasteiger partial charge in [-0.15, -0.1) is 0 Å². The van der Waals surface area contributed by atoms with Crippen molar-refractivity contribution in [3.63, 3.8) is 0 Å². The van der Waals surface area contributed by atoms with E-state index in [-0.39, 0.29) is 16.8 Å². The van der Waals surface area contributed by atoms with Gasteiger partial charge in [-0.2, -0.15) is 0 Å².